The number of aryl methyl sites for hydroxylation is 1. The zero-order valence-electron chi connectivity index (χ0n) is 12.8. The average Bonchev–Trinajstić information content (AvgIpc) is 3.00. The van der Waals surface area contributed by atoms with Crippen LogP contribution >= 0.6 is 0 Å². The van der Waals surface area contributed by atoms with Gasteiger partial charge in [-0.25, -0.2) is 18.4 Å². The van der Waals surface area contributed by atoms with Gasteiger partial charge < -0.3 is 14.8 Å². The van der Waals surface area contributed by atoms with E-state index in [0.29, 0.717) is 25.5 Å². The quantitative estimate of drug-likeness (QED) is 0.788. The maximum absolute atomic E-state index is 13.3. The third kappa shape index (κ3) is 2.31. The van der Waals surface area contributed by atoms with E-state index >= 15 is 0 Å². The molecule has 2 aromatic heterocycles. The zero-order valence-corrected chi connectivity index (χ0v) is 12.8. The van der Waals surface area contributed by atoms with Crippen molar-refractivity contribution in [2.24, 2.45) is 11.8 Å². The lowest BCUT2D eigenvalue weighted by Gasteiger charge is -2.21. The molecule has 9 heteroatoms. The number of carbonyl (C=O) groups is 1. The van der Waals surface area contributed by atoms with Gasteiger partial charge >= 0.3 is 0 Å². The summed E-state index contributed by atoms with van der Waals surface area (Å²) < 4.78 is 27.9. The minimum Gasteiger partial charge on any atom is -0.543 e. The Morgan fingerprint density at radius 2 is 2.08 bits per heavy atom. The van der Waals surface area contributed by atoms with E-state index in [1.807, 2.05) is 17.9 Å². The van der Waals surface area contributed by atoms with Gasteiger partial charge in [-0.15, -0.1) is 5.10 Å². The van der Waals surface area contributed by atoms with Gasteiger partial charge in [-0.2, -0.15) is 0 Å². The van der Waals surface area contributed by atoms with Crippen molar-refractivity contribution < 1.29 is 18.7 Å². The van der Waals surface area contributed by atoms with Crippen molar-refractivity contribution in [3.8, 4) is 0 Å². The van der Waals surface area contributed by atoms with Crippen molar-refractivity contribution >= 4 is 11.8 Å². The van der Waals surface area contributed by atoms with Crippen LogP contribution < -0.4 is 10.0 Å². The highest BCUT2D eigenvalue weighted by Gasteiger charge is 2.71. The van der Waals surface area contributed by atoms with Gasteiger partial charge in [0.05, 0.1) is 30.5 Å². The standard InChI is InChI=1S/C15H15F2N5O2/c1-8-9(4-22-7-12(14(23)24)19-20-22)2-3-13(18-8)21-5-10-11(6-21)15(10,16)17/h2-3,7,10-11H,4-6H2,1H3,(H,23,24)/p-1. The fourth-order valence-electron chi connectivity index (χ4n) is 3.26. The van der Waals surface area contributed by atoms with Crippen molar-refractivity contribution in [3.05, 3.63) is 35.3 Å². The number of rotatable bonds is 4. The molecule has 2 fully saturated rings. The molecule has 0 amide bonds. The van der Waals surface area contributed by atoms with Gasteiger partial charge in [0.25, 0.3) is 5.92 Å². The second-order valence-electron chi connectivity index (χ2n) is 6.30. The van der Waals surface area contributed by atoms with Crippen molar-refractivity contribution in [1.82, 2.24) is 20.0 Å². The summed E-state index contributed by atoms with van der Waals surface area (Å²) in [6.07, 6.45) is 1.29. The number of carbonyl (C=O) groups excluding carboxylic acids is 1. The predicted octanol–water partition coefficient (Wildman–Crippen LogP) is 0.0946. The van der Waals surface area contributed by atoms with E-state index in [4.69, 9.17) is 0 Å². The number of aromatic carboxylic acids is 1. The van der Waals surface area contributed by atoms with Gasteiger partial charge in [-0.05, 0) is 18.6 Å². The first-order valence-electron chi connectivity index (χ1n) is 7.57. The number of aromatic nitrogens is 4. The van der Waals surface area contributed by atoms with E-state index < -0.39 is 23.7 Å². The number of carboxylic acids is 1. The number of alkyl halides is 2. The van der Waals surface area contributed by atoms with Crippen LogP contribution in [0.1, 0.15) is 21.7 Å². The average molecular weight is 334 g/mol. The number of hydrogen-bond donors (Lipinski definition) is 0. The van der Waals surface area contributed by atoms with Crippen LogP contribution in [0.4, 0.5) is 14.6 Å². The van der Waals surface area contributed by atoms with Crippen LogP contribution in [0.15, 0.2) is 18.3 Å². The monoisotopic (exact) mass is 334 g/mol. The topological polar surface area (TPSA) is 87.0 Å². The highest BCUT2D eigenvalue weighted by molar-refractivity contribution is 5.82. The molecule has 7 nitrogen and oxygen atoms in total. The van der Waals surface area contributed by atoms with Crippen molar-refractivity contribution in [2.75, 3.05) is 18.0 Å². The Morgan fingerprint density at radius 3 is 2.67 bits per heavy atom. The molecule has 1 aliphatic carbocycles. The van der Waals surface area contributed by atoms with Crippen molar-refractivity contribution in [3.63, 3.8) is 0 Å². The lowest BCUT2D eigenvalue weighted by molar-refractivity contribution is -0.255. The predicted molar refractivity (Wildman–Crippen MR) is 76.6 cm³/mol. The summed E-state index contributed by atoms with van der Waals surface area (Å²) in [6, 6.07) is 3.64. The number of nitrogens with zero attached hydrogens (tertiary/aromatic N) is 5. The Bertz CT molecular complexity index is 808. The Morgan fingerprint density at radius 1 is 1.38 bits per heavy atom. The Balaban J connectivity index is 1.47. The summed E-state index contributed by atoms with van der Waals surface area (Å²) in [5.74, 6) is -4.28. The van der Waals surface area contributed by atoms with E-state index in [0.717, 1.165) is 11.3 Å². The third-order valence-corrected chi connectivity index (χ3v) is 4.78. The lowest BCUT2D eigenvalue weighted by Crippen LogP contribution is -2.28. The number of anilines is 1. The van der Waals surface area contributed by atoms with Crippen LogP contribution in [0.5, 0.6) is 0 Å². The van der Waals surface area contributed by atoms with Gasteiger partial charge in [-0.1, -0.05) is 11.3 Å². The first kappa shape index (κ1) is 15.0. The van der Waals surface area contributed by atoms with Crippen LogP contribution in [-0.2, 0) is 6.54 Å². The van der Waals surface area contributed by atoms with E-state index in [1.165, 1.54) is 10.9 Å². The summed E-state index contributed by atoms with van der Waals surface area (Å²) >= 11 is 0. The summed E-state index contributed by atoms with van der Waals surface area (Å²) in [5.41, 5.74) is 1.36. The third-order valence-electron chi connectivity index (χ3n) is 4.78. The molecule has 1 saturated carbocycles. The van der Waals surface area contributed by atoms with E-state index in [-0.39, 0.29) is 5.69 Å². The molecule has 3 heterocycles. The molecule has 2 unspecified atom stereocenters. The van der Waals surface area contributed by atoms with Crippen molar-refractivity contribution in [1.29, 1.82) is 0 Å². The van der Waals surface area contributed by atoms with Gasteiger partial charge in [-0.3, -0.25) is 0 Å². The molecule has 2 atom stereocenters. The fourth-order valence-corrected chi connectivity index (χ4v) is 3.26. The summed E-state index contributed by atoms with van der Waals surface area (Å²) in [7, 11) is 0. The number of pyridine rings is 1. The minimum atomic E-state index is -2.50. The highest BCUT2D eigenvalue weighted by Crippen LogP contribution is 2.59. The summed E-state index contributed by atoms with van der Waals surface area (Å²) in [5, 5.41) is 17.9. The molecule has 1 saturated heterocycles. The number of fused-ring (bicyclic) bond motifs is 1. The van der Waals surface area contributed by atoms with E-state index in [9.17, 15) is 18.7 Å². The molecule has 24 heavy (non-hydrogen) atoms. The second-order valence-corrected chi connectivity index (χ2v) is 6.30. The van der Waals surface area contributed by atoms with Gasteiger partial charge in [0.15, 0.2) is 0 Å². The molecule has 126 valence electrons. The van der Waals surface area contributed by atoms with Crippen LogP contribution in [-0.4, -0.2) is 45.0 Å². The minimum absolute atomic E-state index is 0.227. The molecule has 0 aromatic carbocycles. The molecular formula is C15H14F2N5O2-. The fraction of sp³-hybridized carbons (Fsp3) is 0.467. The summed E-state index contributed by atoms with van der Waals surface area (Å²) in [6.45, 7) is 2.81. The van der Waals surface area contributed by atoms with Gasteiger partial charge in [0.1, 0.15) is 11.5 Å². The van der Waals surface area contributed by atoms with E-state index in [2.05, 4.69) is 15.3 Å². The van der Waals surface area contributed by atoms with Crippen molar-refractivity contribution in [2.45, 2.75) is 19.4 Å². The maximum Gasteiger partial charge on any atom is 0.258 e. The lowest BCUT2D eigenvalue weighted by atomic mass is 10.2. The second kappa shape index (κ2) is 4.96. The molecule has 4 rings (SSSR count). The van der Waals surface area contributed by atoms with Crippen LogP contribution in [0, 0.1) is 18.8 Å². The molecule has 0 spiro atoms. The van der Waals surface area contributed by atoms with Crippen LogP contribution in [0.3, 0.4) is 0 Å². The number of piperidine rings is 1. The van der Waals surface area contributed by atoms with Gasteiger partial charge in [0, 0.05) is 18.8 Å². The first-order valence-corrected chi connectivity index (χ1v) is 7.57. The number of hydrogen-bond acceptors (Lipinski definition) is 6. The Labute approximate surface area is 135 Å². The highest BCUT2D eigenvalue weighted by atomic mass is 19.3. The van der Waals surface area contributed by atoms with Crippen LogP contribution in [0.2, 0.25) is 0 Å². The SMILES string of the molecule is Cc1nc(N2CC3C(C2)C3(F)F)ccc1Cn1cc(C(=O)[O-])nn1. The number of carboxylic acid groups (broad SMARTS) is 1. The van der Waals surface area contributed by atoms with E-state index in [1.54, 1.807) is 6.07 Å². The Kier molecular flexibility index (Phi) is 3.09. The maximum atomic E-state index is 13.3. The van der Waals surface area contributed by atoms with Gasteiger partial charge in [0.2, 0.25) is 0 Å². The number of halogens is 2. The van der Waals surface area contributed by atoms with Crippen LogP contribution in [0.25, 0.3) is 0 Å². The largest absolute Gasteiger partial charge is 0.543 e. The molecule has 0 radical (unpaired) electrons. The summed E-state index contributed by atoms with van der Waals surface area (Å²) in [4.78, 5) is 17.1. The zero-order chi connectivity index (χ0) is 17.1. The molecule has 2 aromatic rings. The smallest absolute Gasteiger partial charge is 0.258 e. The molecule has 0 N–H and O–H groups in total. The normalized spacial score (nSPS) is 24.0. The Hall–Kier alpha value is -2.58. The molecular weight excluding hydrogens is 320 g/mol. The first-order chi connectivity index (χ1) is 11.4. The molecule has 1 aliphatic heterocycles. The molecule has 0 bridgehead atoms. The molecule has 2 aliphatic rings.